The van der Waals surface area contributed by atoms with Gasteiger partial charge in [-0.2, -0.15) is 5.26 Å². The van der Waals surface area contributed by atoms with Gasteiger partial charge < -0.3 is 15.2 Å². The van der Waals surface area contributed by atoms with Crippen molar-refractivity contribution in [3.8, 4) is 11.8 Å². The molecule has 0 saturated heterocycles. The molecule has 0 aliphatic carbocycles. The van der Waals surface area contributed by atoms with E-state index in [1.165, 1.54) is 0 Å². The van der Waals surface area contributed by atoms with Gasteiger partial charge in [-0.3, -0.25) is 4.79 Å². The smallest absolute Gasteiger partial charge is 0.320 e. The molecule has 2 N–H and O–H groups in total. The van der Waals surface area contributed by atoms with Crippen molar-refractivity contribution in [2.75, 3.05) is 13.2 Å². The third-order valence-electron chi connectivity index (χ3n) is 2.75. The SMILES string of the molecule is CC(C)CC(NCCOc1ccc(C#N)cc1)C(=O)O. The minimum Gasteiger partial charge on any atom is -0.492 e. The molecule has 5 nitrogen and oxygen atoms in total. The Kier molecular flexibility index (Phi) is 6.54. The van der Waals surface area contributed by atoms with Crippen LogP contribution in [0.15, 0.2) is 24.3 Å². The molecule has 0 bridgehead atoms. The Hall–Kier alpha value is -2.06. The van der Waals surface area contributed by atoms with Crippen LogP contribution in [0.5, 0.6) is 5.75 Å². The number of nitrogens with one attached hydrogen (secondary N) is 1. The maximum absolute atomic E-state index is 11.0. The van der Waals surface area contributed by atoms with Crippen LogP contribution in [0.2, 0.25) is 0 Å². The van der Waals surface area contributed by atoms with Crippen LogP contribution < -0.4 is 10.1 Å². The van der Waals surface area contributed by atoms with Crippen LogP contribution >= 0.6 is 0 Å². The molecule has 1 rings (SSSR count). The van der Waals surface area contributed by atoms with Gasteiger partial charge in [0, 0.05) is 6.54 Å². The largest absolute Gasteiger partial charge is 0.492 e. The van der Waals surface area contributed by atoms with Crippen molar-refractivity contribution in [3.05, 3.63) is 29.8 Å². The van der Waals surface area contributed by atoms with E-state index in [2.05, 4.69) is 5.32 Å². The predicted octanol–water partition coefficient (Wildman–Crippen LogP) is 2.03. The van der Waals surface area contributed by atoms with E-state index >= 15 is 0 Å². The van der Waals surface area contributed by atoms with Crippen LogP contribution in [0.3, 0.4) is 0 Å². The first-order valence-corrected chi connectivity index (χ1v) is 6.62. The van der Waals surface area contributed by atoms with E-state index in [4.69, 9.17) is 15.1 Å². The Labute approximate surface area is 119 Å². The number of ether oxygens (including phenoxy) is 1. The topological polar surface area (TPSA) is 82.3 Å². The van der Waals surface area contributed by atoms with Crippen LogP contribution in [-0.4, -0.2) is 30.3 Å². The summed E-state index contributed by atoms with van der Waals surface area (Å²) in [7, 11) is 0. The van der Waals surface area contributed by atoms with Gasteiger partial charge in [0.2, 0.25) is 0 Å². The zero-order chi connectivity index (χ0) is 15.0. The summed E-state index contributed by atoms with van der Waals surface area (Å²) in [5.41, 5.74) is 0.582. The second-order valence-electron chi connectivity index (χ2n) is 4.96. The van der Waals surface area contributed by atoms with E-state index in [0.29, 0.717) is 36.8 Å². The first-order chi connectivity index (χ1) is 9.52. The molecule has 0 aliphatic rings. The number of nitrogens with zero attached hydrogens (tertiary/aromatic N) is 1. The van der Waals surface area contributed by atoms with Crippen molar-refractivity contribution >= 4 is 5.97 Å². The highest BCUT2D eigenvalue weighted by molar-refractivity contribution is 5.73. The first kappa shape index (κ1) is 16.0. The van der Waals surface area contributed by atoms with Crippen LogP contribution in [-0.2, 0) is 4.79 Å². The molecule has 0 aliphatic heterocycles. The number of aliphatic carboxylic acids is 1. The number of benzene rings is 1. The van der Waals surface area contributed by atoms with E-state index in [1.807, 2.05) is 19.9 Å². The number of rotatable bonds is 8. The molecule has 20 heavy (non-hydrogen) atoms. The Bertz CT molecular complexity index is 463. The van der Waals surface area contributed by atoms with E-state index in [-0.39, 0.29) is 0 Å². The summed E-state index contributed by atoms with van der Waals surface area (Å²) in [6, 6.07) is 8.30. The maximum Gasteiger partial charge on any atom is 0.320 e. The zero-order valence-corrected chi connectivity index (χ0v) is 11.8. The number of carboxylic acids is 1. The Morgan fingerprint density at radius 3 is 2.55 bits per heavy atom. The number of hydrogen-bond donors (Lipinski definition) is 2. The van der Waals surface area contributed by atoms with Gasteiger partial charge in [0.05, 0.1) is 11.6 Å². The normalized spacial score (nSPS) is 11.9. The maximum atomic E-state index is 11.0. The van der Waals surface area contributed by atoms with Gasteiger partial charge in [0.15, 0.2) is 0 Å². The highest BCUT2D eigenvalue weighted by Crippen LogP contribution is 2.11. The Morgan fingerprint density at radius 2 is 2.05 bits per heavy atom. The minimum atomic E-state index is -0.836. The molecule has 108 valence electrons. The van der Waals surface area contributed by atoms with Crippen molar-refractivity contribution in [3.63, 3.8) is 0 Å². The van der Waals surface area contributed by atoms with Crippen molar-refractivity contribution in [1.82, 2.24) is 5.32 Å². The minimum absolute atomic E-state index is 0.322. The summed E-state index contributed by atoms with van der Waals surface area (Å²) in [4.78, 5) is 11.0. The molecule has 1 unspecified atom stereocenters. The van der Waals surface area contributed by atoms with Gasteiger partial charge in [-0.05, 0) is 36.6 Å². The van der Waals surface area contributed by atoms with Gasteiger partial charge in [-0.25, -0.2) is 0 Å². The van der Waals surface area contributed by atoms with Gasteiger partial charge >= 0.3 is 5.97 Å². The molecule has 0 fully saturated rings. The van der Waals surface area contributed by atoms with Gasteiger partial charge in [-0.15, -0.1) is 0 Å². The fourth-order valence-electron chi connectivity index (χ4n) is 1.77. The monoisotopic (exact) mass is 276 g/mol. The van der Waals surface area contributed by atoms with Crippen molar-refractivity contribution in [1.29, 1.82) is 5.26 Å². The molecule has 0 saturated carbocycles. The summed E-state index contributed by atoms with van der Waals surface area (Å²) >= 11 is 0. The summed E-state index contributed by atoms with van der Waals surface area (Å²) in [6.07, 6.45) is 0.589. The lowest BCUT2D eigenvalue weighted by atomic mass is 10.0. The summed E-state index contributed by atoms with van der Waals surface area (Å²) < 4.78 is 5.48. The molecular formula is C15H20N2O3. The van der Waals surface area contributed by atoms with Gasteiger partial charge in [0.1, 0.15) is 18.4 Å². The van der Waals surface area contributed by atoms with E-state index in [0.717, 1.165) is 0 Å². The zero-order valence-electron chi connectivity index (χ0n) is 11.8. The molecule has 0 amide bonds. The Balaban J connectivity index is 2.32. The highest BCUT2D eigenvalue weighted by Gasteiger charge is 2.17. The van der Waals surface area contributed by atoms with Crippen LogP contribution in [0.4, 0.5) is 0 Å². The fraction of sp³-hybridized carbons (Fsp3) is 0.467. The predicted molar refractivity (Wildman–Crippen MR) is 75.5 cm³/mol. The van der Waals surface area contributed by atoms with Crippen molar-refractivity contribution in [2.24, 2.45) is 5.92 Å². The van der Waals surface area contributed by atoms with Crippen LogP contribution in [0, 0.1) is 17.2 Å². The third-order valence-corrected chi connectivity index (χ3v) is 2.75. The summed E-state index contributed by atoms with van der Waals surface area (Å²) in [6.45, 7) is 4.83. The van der Waals surface area contributed by atoms with Crippen LogP contribution in [0.25, 0.3) is 0 Å². The second kappa shape index (κ2) is 8.18. The lowest BCUT2D eigenvalue weighted by molar-refractivity contribution is -0.139. The molecular weight excluding hydrogens is 256 g/mol. The number of carbonyl (C=O) groups is 1. The summed E-state index contributed by atoms with van der Waals surface area (Å²) in [5.74, 6) is 0.154. The van der Waals surface area contributed by atoms with Crippen molar-refractivity contribution < 1.29 is 14.6 Å². The molecule has 1 atom stereocenters. The van der Waals surface area contributed by atoms with E-state index < -0.39 is 12.0 Å². The first-order valence-electron chi connectivity index (χ1n) is 6.62. The molecule has 0 spiro atoms. The van der Waals surface area contributed by atoms with Crippen LogP contribution in [0.1, 0.15) is 25.8 Å². The highest BCUT2D eigenvalue weighted by atomic mass is 16.5. The summed E-state index contributed by atoms with van der Waals surface area (Å²) in [5, 5.41) is 20.7. The quantitative estimate of drug-likeness (QED) is 0.710. The number of carboxylic acid groups (broad SMARTS) is 1. The molecule has 1 aromatic carbocycles. The average molecular weight is 276 g/mol. The van der Waals surface area contributed by atoms with Crippen molar-refractivity contribution in [2.45, 2.75) is 26.3 Å². The van der Waals surface area contributed by atoms with E-state index in [1.54, 1.807) is 24.3 Å². The molecule has 0 aromatic heterocycles. The second-order valence-corrected chi connectivity index (χ2v) is 4.96. The average Bonchev–Trinajstić information content (AvgIpc) is 2.42. The molecule has 0 heterocycles. The number of hydrogen-bond acceptors (Lipinski definition) is 4. The lowest BCUT2D eigenvalue weighted by Crippen LogP contribution is -2.39. The third kappa shape index (κ3) is 5.72. The molecule has 1 aromatic rings. The van der Waals surface area contributed by atoms with Gasteiger partial charge in [-0.1, -0.05) is 13.8 Å². The molecule has 0 radical (unpaired) electrons. The molecule has 5 heteroatoms. The number of nitriles is 1. The standard InChI is InChI=1S/C15H20N2O3/c1-11(2)9-14(15(18)19)17-7-8-20-13-5-3-12(10-16)4-6-13/h3-6,11,14,17H,7-9H2,1-2H3,(H,18,19). The van der Waals surface area contributed by atoms with E-state index in [9.17, 15) is 4.79 Å². The van der Waals surface area contributed by atoms with Gasteiger partial charge in [0.25, 0.3) is 0 Å². The Morgan fingerprint density at radius 1 is 1.40 bits per heavy atom. The fourth-order valence-corrected chi connectivity index (χ4v) is 1.77. The lowest BCUT2D eigenvalue weighted by Gasteiger charge is -2.16.